The summed E-state index contributed by atoms with van der Waals surface area (Å²) < 4.78 is 0. The Morgan fingerprint density at radius 1 is 1.20 bits per heavy atom. The number of likely N-dealkylation sites (N-methyl/N-ethyl adjacent to an activating group) is 1. The van der Waals surface area contributed by atoms with Crippen molar-refractivity contribution in [2.75, 3.05) is 26.0 Å². The minimum Gasteiger partial charge on any atom is -0.508 e. The third-order valence-corrected chi connectivity index (χ3v) is 7.90. The number of hydrogen-bond acceptors (Lipinski definition) is 10. The first-order chi connectivity index (χ1) is 18.1. The third kappa shape index (κ3) is 5.40. The topological polar surface area (TPSA) is 203 Å². The molecule has 1 fully saturated rings. The maximum atomic E-state index is 13.8. The predicted molar refractivity (Wildman–Crippen MR) is 156 cm³/mol. The molecule has 2 unspecified atom stereocenters. The summed E-state index contributed by atoms with van der Waals surface area (Å²) in [5.74, 6) is -8.07. The van der Waals surface area contributed by atoms with E-state index in [-0.39, 0.29) is 72.1 Å². The highest BCUT2D eigenvalue weighted by Crippen LogP contribution is 2.54. The summed E-state index contributed by atoms with van der Waals surface area (Å²) in [7, 11) is 3.05. The van der Waals surface area contributed by atoms with E-state index in [0.29, 0.717) is 5.56 Å². The van der Waals surface area contributed by atoms with Gasteiger partial charge in [-0.2, -0.15) is 0 Å². The number of carbonyl (C=O) groups excluding carboxylic acids is 4. The number of phenolic OH excluding ortho intramolecular Hbond substituents is 1. The van der Waals surface area contributed by atoms with Crippen LogP contribution in [0.4, 0.5) is 5.69 Å². The van der Waals surface area contributed by atoms with Crippen molar-refractivity contribution in [3.8, 4) is 5.75 Å². The number of carbonyl (C=O) groups is 4. The Morgan fingerprint density at radius 3 is 2.34 bits per heavy atom. The number of primary amides is 1. The fourth-order valence-electron chi connectivity index (χ4n) is 5.86. The molecule has 0 saturated heterocycles. The Labute approximate surface area is 253 Å². The third-order valence-electron chi connectivity index (χ3n) is 7.60. The Morgan fingerprint density at radius 2 is 1.80 bits per heavy atom. The van der Waals surface area contributed by atoms with E-state index in [4.69, 9.17) is 17.3 Å². The van der Waals surface area contributed by atoms with Crippen molar-refractivity contribution in [1.29, 1.82) is 0 Å². The number of nitrogens with two attached hydrogens (primary N) is 1. The number of fused-ring (bicyclic) bond motifs is 3. The number of anilines is 1. The van der Waals surface area contributed by atoms with Crippen molar-refractivity contribution in [2.45, 2.75) is 44.4 Å². The standard InChI is InChI=1S/C26H31ClN4O8.2ClH/c1-9(2)29-8-14(32)30-18-13(27)7-11-5-10-6-12-19(31(3)4)22(35)17(25(28)38)24(37)26(12,39)23(36)16(10)20(33)15(11)21(18)34;;/h7,9-10,12,19,29,33-34,37,39H,5-6,8H2,1-4H3,(H2,28,38)(H,30,32);2*1H/t10?,12?,19-,26-;;/m0../s1. The maximum Gasteiger partial charge on any atom is 0.255 e. The van der Waals surface area contributed by atoms with Crippen LogP contribution < -0.4 is 16.4 Å². The van der Waals surface area contributed by atoms with Crippen LogP contribution in [0.5, 0.6) is 5.75 Å². The molecule has 0 aliphatic heterocycles. The lowest BCUT2D eigenvalue weighted by Crippen LogP contribution is -2.65. The first kappa shape index (κ1) is 34.3. The average molecular weight is 636 g/mol. The monoisotopic (exact) mass is 634 g/mol. The molecule has 15 heteroatoms. The molecule has 4 rings (SSSR count). The second kappa shape index (κ2) is 12.2. The zero-order valence-corrected chi connectivity index (χ0v) is 25.0. The zero-order chi connectivity index (χ0) is 29.1. The lowest BCUT2D eigenvalue weighted by atomic mass is 9.57. The number of aliphatic hydroxyl groups is 3. The largest absolute Gasteiger partial charge is 0.508 e. The van der Waals surface area contributed by atoms with Gasteiger partial charge in [-0.15, -0.1) is 24.8 Å². The Bertz CT molecular complexity index is 1380. The molecule has 0 aromatic heterocycles. The van der Waals surface area contributed by atoms with Gasteiger partial charge in [0, 0.05) is 17.5 Å². The van der Waals surface area contributed by atoms with Gasteiger partial charge in [0.15, 0.2) is 17.1 Å². The van der Waals surface area contributed by atoms with Gasteiger partial charge in [0.1, 0.15) is 22.8 Å². The molecule has 0 spiro atoms. The van der Waals surface area contributed by atoms with Gasteiger partial charge in [-0.3, -0.25) is 24.1 Å². The van der Waals surface area contributed by atoms with Crippen LogP contribution in [-0.2, 0) is 25.6 Å². The summed E-state index contributed by atoms with van der Waals surface area (Å²) >= 11 is 6.37. The number of Topliss-reactive ketones (excluding diaryl/α,β-unsaturated/α-hetero) is 2. The summed E-state index contributed by atoms with van der Waals surface area (Å²) in [5.41, 5.74) is 1.45. The minimum absolute atomic E-state index is 0. The summed E-state index contributed by atoms with van der Waals surface area (Å²) in [5, 5.41) is 50.3. The molecule has 226 valence electrons. The van der Waals surface area contributed by atoms with E-state index in [2.05, 4.69) is 10.6 Å². The smallest absolute Gasteiger partial charge is 0.255 e. The number of phenols is 1. The number of rotatable bonds is 6. The van der Waals surface area contributed by atoms with Crippen molar-refractivity contribution in [2.24, 2.45) is 17.6 Å². The van der Waals surface area contributed by atoms with Gasteiger partial charge in [-0.25, -0.2) is 0 Å². The van der Waals surface area contributed by atoms with Crippen molar-refractivity contribution >= 4 is 71.2 Å². The normalized spacial score (nSPS) is 25.2. The first-order valence-electron chi connectivity index (χ1n) is 12.3. The zero-order valence-electron chi connectivity index (χ0n) is 22.6. The lowest BCUT2D eigenvalue weighted by molar-refractivity contribution is -0.153. The predicted octanol–water partition coefficient (Wildman–Crippen LogP) is 1.40. The lowest BCUT2D eigenvalue weighted by Gasteiger charge is -2.50. The molecule has 8 N–H and O–H groups in total. The quantitative estimate of drug-likeness (QED) is 0.177. The van der Waals surface area contributed by atoms with E-state index in [1.54, 1.807) is 0 Å². The molecule has 1 aromatic rings. The first-order valence-corrected chi connectivity index (χ1v) is 12.7. The molecule has 41 heavy (non-hydrogen) atoms. The molecular formula is C26H33Cl3N4O8. The van der Waals surface area contributed by atoms with Gasteiger partial charge < -0.3 is 36.8 Å². The number of hydrogen-bond donors (Lipinski definition) is 7. The second-order valence-electron chi connectivity index (χ2n) is 10.7. The highest BCUT2D eigenvalue weighted by molar-refractivity contribution is 6.34. The van der Waals surface area contributed by atoms with Crippen LogP contribution in [0.3, 0.4) is 0 Å². The molecule has 1 aromatic carbocycles. The highest BCUT2D eigenvalue weighted by Gasteiger charge is 2.64. The van der Waals surface area contributed by atoms with E-state index in [1.807, 2.05) is 13.8 Å². The van der Waals surface area contributed by atoms with Crippen LogP contribution >= 0.6 is 36.4 Å². The minimum atomic E-state index is -2.73. The number of aromatic hydroxyl groups is 1. The van der Waals surface area contributed by atoms with Gasteiger partial charge in [0.05, 0.1) is 23.2 Å². The number of nitrogens with one attached hydrogen (secondary N) is 2. The Kier molecular flexibility index (Phi) is 10.2. The summed E-state index contributed by atoms with van der Waals surface area (Å²) in [6, 6.07) is 0.304. The molecule has 0 radical (unpaired) electrons. The van der Waals surface area contributed by atoms with Crippen molar-refractivity contribution < 1.29 is 39.6 Å². The van der Waals surface area contributed by atoms with E-state index < -0.39 is 69.7 Å². The number of nitrogens with zero attached hydrogens (tertiary/aromatic N) is 1. The summed E-state index contributed by atoms with van der Waals surface area (Å²) in [4.78, 5) is 52.8. The van der Waals surface area contributed by atoms with Gasteiger partial charge in [0.2, 0.25) is 11.7 Å². The Hall–Kier alpha value is -2.87. The summed E-state index contributed by atoms with van der Waals surface area (Å²) in [6.45, 7) is 3.62. The summed E-state index contributed by atoms with van der Waals surface area (Å²) in [6.07, 6.45) is 0.0501. The van der Waals surface area contributed by atoms with E-state index in [9.17, 15) is 39.6 Å². The Balaban J connectivity index is 0.00000294. The number of benzene rings is 1. The van der Waals surface area contributed by atoms with Crippen molar-refractivity contribution in [1.82, 2.24) is 10.2 Å². The van der Waals surface area contributed by atoms with E-state index in [1.165, 1.54) is 25.1 Å². The number of aliphatic hydroxyl groups excluding tert-OH is 2. The van der Waals surface area contributed by atoms with Gasteiger partial charge in [-0.05, 0) is 44.5 Å². The molecule has 2 amide bonds. The van der Waals surface area contributed by atoms with Crippen LogP contribution in [-0.4, -0.2) is 87.0 Å². The van der Waals surface area contributed by atoms with E-state index >= 15 is 0 Å². The van der Waals surface area contributed by atoms with Gasteiger partial charge in [0.25, 0.3) is 5.91 Å². The van der Waals surface area contributed by atoms with Crippen LogP contribution in [0, 0.1) is 11.8 Å². The van der Waals surface area contributed by atoms with Gasteiger partial charge in [-0.1, -0.05) is 25.4 Å². The molecule has 0 heterocycles. The molecular weight excluding hydrogens is 603 g/mol. The fraction of sp³-hybridized carbons (Fsp3) is 0.462. The molecule has 3 aliphatic rings. The molecule has 12 nitrogen and oxygen atoms in total. The average Bonchev–Trinajstić information content (AvgIpc) is 2.82. The van der Waals surface area contributed by atoms with E-state index in [0.717, 1.165) is 0 Å². The van der Waals surface area contributed by atoms with Crippen LogP contribution in [0.15, 0.2) is 23.0 Å². The highest BCUT2D eigenvalue weighted by atomic mass is 35.5. The maximum absolute atomic E-state index is 13.8. The molecule has 1 saturated carbocycles. The SMILES string of the molecule is CC(C)NCC(=O)Nc1c(Cl)cc2c(c1O)C(O)=C1C(=O)[C@]3(O)C(O)=C(C(N)=O)C(=O)[C@@H](N(C)C)C3CC1C2.Cl.Cl. The number of halogens is 3. The van der Waals surface area contributed by atoms with Gasteiger partial charge >= 0.3 is 0 Å². The van der Waals surface area contributed by atoms with Crippen LogP contribution in [0.2, 0.25) is 5.02 Å². The molecule has 3 aliphatic carbocycles. The fourth-order valence-corrected chi connectivity index (χ4v) is 6.13. The van der Waals surface area contributed by atoms with Crippen molar-refractivity contribution in [3.63, 3.8) is 0 Å². The van der Waals surface area contributed by atoms with Crippen LogP contribution in [0.1, 0.15) is 31.4 Å². The number of ketones is 2. The van der Waals surface area contributed by atoms with Crippen molar-refractivity contribution in [3.05, 3.63) is 39.1 Å². The second-order valence-corrected chi connectivity index (χ2v) is 11.1. The number of amides is 2. The van der Waals surface area contributed by atoms with Crippen LogP contribution in [0.25, 0.3) is 5.76 Å². The molecule has 4 atom stereocenters. The molecule has 0 bridgehead atoms.